The lowest BCUT2D eigenvalue weighted by molar-refractivity contribution is -0.144. The van der Waals surface area contributed by atoms with Gasteiger partial charge in [0.15, 0.2) is 11.8 Å². The zero-order valence-corrected chi connectivity index (χ0v) is 12.8. The first-order chi connectivity index (χ1) is 10.6. The molecule has 1 aromatic rings. The van der Waals surface area contributed by atoms with Crippen LogP contribution in [0.2, 0.25) is 0 Å². The summed E-state index contributed by atoms with van der Waals surface area (Å²) >= 11 is 0. The van der Waals surface area contributed by atoms with E-state index in [1.807, 2.05) is 0 Å². The second-order valence-corrected chi connectivity index (χ2v) is 5.33. The van der Waals surface area contributed by atoms with Gasteiger partial charge in [0, 0.05) is 24.8 Å². The molecule has 0 radical (unpaired) electrons. The van der Waals surface area contributed by atoms with Crippen LogP contribution in [-0.4, -0.2) is 61.5 Å². The van der Waals surface area contributed by atoms with Crippen LogP contribution in [0, 0.1) is 0 Å². The van der Waals surface area contributed by atoms with Gasteiger partial charge in [0.25, 0.3) is 0 Å². The number of carbonyl (C=O) groups is 2. The van der Waals surface area contributed by atoms with Crippen LogP contribution in [-0.2, 0) is 16.1 Å². The Morgan fingerprint density at radius 1 is 1.35 bits per heavy atom. The van der Waals surface area contributed by atoms with Crippen LogP contribution in [0.3, 0.4) is 0 Å². The van der Waals surface area contributed by atoms with Crippen LogP contribution in [0.4, 0.5) is 0 Å². The summed E-state index contributed by atoms with van der Waals surface area (Å²) in [7, 11) is 1.61. The van der Waals surface area contributed by atoms with Gasteiger partial charge in [0.1, 0.15) is 0 Å². The predicted octanol–water partition coefficient (Wildman–Crippen LogP) is -0.533. The zero-order valence-electron chi connectivity index (χ0n) is 12.8. The fraction of sp³-hybridized carbons (Fsp3) is 0.500. The molecule has 0 amide bonds. The molecule has 0 aromatic carbocycles. The Balaban J connectivity index is 3.19. The lowest BCUT2D eigenvalue weighted by Crippen LogP contribution is -2.33. The highest BCUT2D eigenvalue weighted by Gasteiger charge is 2.27. The van der Waals surface area contributed by atoms with Gasteiger partial charge >= 0.3 is 11.9 Å². The number of carboxylic acid groups (broad SMARTS) is 2. The third-order valence-corrected chi connectivity index (χ3v) is 3.29. The van der Waals surface area contributed by atoms with Gasteiger partial charge in [0.2, 0.25) is 5.43 Å². The highest BCUT2D eigenvalue weighted by Crippen LogP contribution is 2.18. The Hall–Kier alpha value is -2.39. The first-order valence-electron chi connectivity index (χ1n) is 6.88. The summed E-state index contributed by atoms with van der Waals surface area (Å²) in [6.07, 6.45) is -0.413. The molecule has 9 heteroatoms. The van der Waals surface area contributed by atoms with E-state index < -0.39 is 35.3 Å². The van der Waals surface area contributed by atoms with Gasteiger partial charge < -0.3 is 29.9 Å². The molecule has 9 nitrogen and oxygen atoms in total. The second kappa shape index (κ2) is 7.75. The van der Waals surface area contributed by atoms with E-state index in [1.54, 1.807) is 11.9 Å². The number of aromatic nitrogens is 1. The monoisotopic (exact) mass is 328 g/mol. The Morgan fingerprint density at radius 2 is 1.96 bits per heavy atom. The fourth-order valence-corrected chi connectivity index (χ4v) is 2.16. The average molecular weight is 328 g/mol. The van der Waals surface area contributed by atoms with Crippen molar-refractivity contribution in [1.29, 1.82) is 0 Å². The van der Waals surface area contributed by atoms with E-state index in [9.17, 15) is 29.7 Å². The van der Waals surface area contributed by atoms with Crippen LogP contribution in [0.1, 0.15) is 25.1 Å². The van der Waals surface area contributed by atoms with E-state index in [4.69, 9.17) is 5.11 Å². The molecule has 1 rings (SSSR count). The molecular formula is C14H20N2O7. The van der Waals surface area contributed by atoms with E-state index in [-0.39, 0.29) is 25.2 Å². The summed E-state index contributed by atoms with van der Waals surface area (Å²) < 4.78 is 1.11. The zero-order chi connectivity index (χ0) is 17.7. The maximum Gasteiger partial charge on any atom is 0.329 e. The fourth-order valence-electron chi connectivity index (χ4n) is 2.16. The van der Waals surface area contributed by atoms with Gasteiger partial charge in [-0.2, -0.15) is 0 Å². The van der Waals surface area contributed by atoms with Crippen molar-refractivity contribution in [2.24, 2.45) is 0 Å². The molecule has 0 spiro atoms. The normalized spacial score (nSPS) is 13.7. The van der Waals surface area contributed by atoms with Crippen molar-refractivity contribution in [3.05, 3.63) is 28.2 Å². The maximum absolute atomic E-state index is 11.6. The Bertz CT molecular complexity index is 639. The van der Waals surface area contributed by atoms with E-state index in [1.165, 1.54) is 6.92 Å². The minimum absolute atomic E-state index is 0.0826. The number of rotatable bonds is 8. The lowest BCUT2D eigenvalue weighted by atomic mass is 10.1. The number of nitrogens with zero attached hydrogens (tertiary/aromatic N) is 2. The molecule has 2 atom stereocenters. The van der Waals surface area contributed by atoms with Crippen molar-refractivity contribution in [2.75, 3.05) is 13.6 Å². The number of aliphatic hydroxyl groups excluding tert-OH is 1. The number of hydrogen-bond donors (Lipinski definition) is 4. The van der Waals surface area contributed by atoms with Crippen molar-refractivity contribution in [3.63, 3.8) is 0 Å². The van der Waals surface area contributed by atoms with E-state index in [0.29, 0.717) is 0 Å². The number of aliphatic hydroxyl groups is 1. The summed E-state index contributed by atoms with van der Waals surface area (Å²) in [5, 5.41) is 37.2. The van der Waals surface area contributed by atoms with Crippen molar-refractivity contribution in [2.45, 2.75) is 32.0 Å². The molecule has 23 heavy (non-hydrogen) atoms. The quantitative estimate of drug-likeness (QED) is 0.499. The molecule has 0 bridgehead atoms. The van der Waals surface area contributed by atoms with Gasteiger partial charge in [-0.05, 0) is 14.0 Å². The minimum Gasteiger partial charge on any atom is -0.503 e. The third-order valence-electron chi connectivity index (χ3n) is 3.29. The third kappa shape index (κ3) is 5.08. The topological polar surface area (TPSA) is 140 Å². The smallest absolute Gasteiger partial charge is 0.329 e. The summed E-state index contributed by atoms with van der Waals surface area (Å²) in [6.45, 7) is 1.56. The van der Waals surface area contributed by atoms with Crippen molar-refractivity contribution < 1.29 is 30.0 Å². The highest BCUT2D eigenvalue weighted by atomic mass is 16.4. The second-order valence-electron chi connectivity index (χ2n) is 5.33. The first-order valence-corrected chi connectivity index (χ1v) is 6.88. The maximum atomic E-state index is 11.6. The Morgan fingerprint density at radius 3 is 2.43 bits per heavy atom. The molecule has 2 unspecified atom stereocenters. The van der Waals surface area contributed by atoms with Crippen molar-refractivity contribution in [3.8, 4) is 5.75 Å². The molecule has 128 valence electrons. The number of carboxylic acids is 2. The average Bonchev–Trinajstić information content (AvgIpc) is 2.41. The predicted molar refractivity (Wildman–Crippen MR) is 79.3 cm³/mol. The van der Waals surface area contributed by atoms with Crippen molar-refractivity contribution in [1.82, 2.24) is 9.47 Å². The minimum atomic E-state index is -1.38. The number of aromatic hydroxyl groups is 1. The molecule has 0 fully saturated rings. The molecular weight excluding hydrogens is 308 g/mol. The number of hydrogen-bond acceptors (Lipinski definition) is 6. The summed E-state index contributed by atoms with van der Waals surface area (Å²) in [5.41, 5.74) is -0.438. The van der Waals surface area contributed by atoms with E-state index in [0.717, 1.165) is 16.8 Å². The Labute approximate surface area is 132 Å². The molecule has 1 aromatic heterocycles. The summed E-state index contributed by atoms with van der Waals surface area (Å²) in [6, 6.07) is -0.311. The van der Waals surface area contributed by atoms with Crippen LogP contribution < -0.4 is 5.43 Å². The number of pyridine rings is 1. The first kappa shape index (κ1) is 18.7. The molecule has 4 N–H and O–H groups in total. The van der Waals surface area contributed by atoms with Gasteiger partial charge in [-0.25, -0.2) is 4.79 Å². The van der Waals surface area contributed by atoms with Crippen LogP contribution in [0.15, 0.2) is 17.1 Å². The molecule has 0 saturated carbocycles. The van der Waals surface area contributed by atoms with Gasteiger partial charge in [-0.15, -0.1) is 0 Å². The van der Waals surface area contributed by atoms with Gasteiger partial charge in [-0.3, -0.25) is 9.59 Å². The van der Waals surface area contributed by atoms with Crippen LogP contribution >= 0.6 is 0 Å². The summed E-state index contributed by atoms with van der Waals surface area (Å²) in [4.78, 5) is 35.2. The molecule has 1 heterocycles. The van der Waals surface area contributed by atoms with E-state index >= 15 is 0 Å². The van der Waals surface area contributed by atoms with Gasteiger partial charge in [0.05, 0.1) is 18.7 Å². The SMILES string of the molecule is CC(O)C(C(=O)O)n1cc(O)c(=O)cc1CN(C)CCC(=O)O. The molecule has 0 saturated heterocycles. The van der Waals surface area contributed by atoms with Crippen molar-refractivity contribution >= 4 is 11.9 Å². The Kier molecular flexibility index (Phi) is 6.28. The molecule has 0 aliphatic carbocycles. The lowest BCUT2D eigenvalue weighted by Gasteiger charge is -2.25. The molecule has 0 aliphatic rings. The largest absolute Gasteiger partial charge is 0.503 e. The molecule has 0 aliphatic heterocycles. The number of aliphatic carboxylic acids is 2. The standard InChI is InChI=1S/C14H20N2O7/c1-8(17)13(14(22)23)16-7-11(19)10(18)5-9(16)6-15(2)4-3-12(20)21/h5,7-8,13,17,19H,3-4,6H2,1-2H3,(H,20,21)(H,22,23). The van der Waals surface area contributed by atoms with Crippen LogP contribution in [0.25, 0.3) is 0 Å². The van der Waals surface area contributed by atoms with E-state index in [2.05, 4.69) is 0 Å². The highest BCUT2D eigenvalue weighted by molar-refractivity contribution is 5.72. The van der Waals surface area contributed by atoms with Crippen LogP contribution in [0.5, 0.6) is 5.75 Å². The summed E-state index contributed by atoms with van der Waals surface area (Å²) in [5.74, 6) is -2.93. The van der Waals surface area contributed by atoms with Gasteiger partial charge in [-0.1, -0.05) is 0 Å².